The molecule has 0 aromatic carbocycles. The van der Waals surface area contributed by atoms with E-state index in [1.165, 1.54) is 12.8 Å². The maximum Gasteiger partial charge on any atom is 0.311 e. The summed E-state index contributed by atoms with van der Waals surface area (Å²) >= 11 is 0. The first-order chi connectivity index (χ1) is 8.25. The third-order valence-corrected chi connectivity index (χ3v) is 3.60. The van der Waals surface area contributed by atoms with Crippen molar-refractivity contribution < 1.29 is 14.0 Å². The molecule has 0 aliphatic rings. The topological polar surface area (TPSA) is 26.3 Å². The van der Waals surface area contributed by atoms with Gasteiger partial charge in [0.2, 0.25) is 0 Å². The Balaban J connectivity index is 4.16. The van der Waals surface area contributed by atoms with Crippen LogP contribution in [0.2, 0.25) is 0 Å². The molecule has 0 aromatic rings. The average molecular weight is 258 g/mol. The number of ether oxygens (including phenoxy) is 1. The molecule has 18 heavy (non-hydrogen) atoms. The van der Waals surface area contributed by atoms with E-state index in [0.717, 1.165) is 30.3 Å². The van der Waals surface area contributed by atoms with Crippen molar-refractivity contribution in [3.63, 3.8) is 0 Å². The van der Waals surface area contributed by atoms with E-state index in [9.17, 15) is 4.79 Å². The molecular weight excluding hydrogens is 226 g/mol. The SMILES string of the molecule is CCCCCC(C)(CC)C(=O)OCC[N+](C)(C)C. The molecule has 0 aliphatic heterocycles. The van der Waals surface area contributed by atoms with Crippen molar-refractivity contribution in [2.24, 2.45) is 5.41 Å². The number of likely N-dealkylation sites (N-methyl/N-ethyl adjacent to an activating group) is 1. The third kappa shape index (κ3) is 7.00. The van der Waals surface area contributed by atoms with E-state index in [1.54, 1.807) is 0 Å². The smallest absolute Gasteiger partial charge is 0.311 e. The van der Waals surface area contributed by atoms with Crippen molar-refractivity contribution in [1.82, 2.24) is 0 Å². The van der Waals surface area contributed by atoms with Gasteiger partial charge in [-0.15, -0.1) is 0 Å². The van der Waals surface area contributed by atoms with Gasteiger partial charge in [0.15, 0.2) is 0 Å². The lowest BCUT2D eigenvalue weighted by molar-refractivity contribution is -0.870. The fourth-order valence-electron chi connectivity index (χ4n) is 1.77. The van der Waals surface area contributed by atoms with Gasteiger partial charge in [0.05, 0.1) is 26.6 Å². The van der Waals surface area contributed by atoms with Gasteiger partial charge in [0, 0.05) is 0 Å². The first-order valence-corrected chi connectivity index (χ1v) is 7.23. The Morgan fingerprint density at radius 2 is 1.78 bits per heavy atom. The molecule has 1 unspecified atom stereocenters. The molecule has 0 radical (unpaired) electrons. The summed E-state index contributed by atoms with van der Waals surface area (Å²) < 4.78 is 6.28. The van der Waals surface area contributed by atoms with Crippen molar-refractivity contribution in [2.45, 2.75) is 52.9 Å². The minimum Gasteiger partial charge on any atom is -0.459 e. The van der Waals surface area contributed by atoms with Crippen LogP contribution in [-0.2, 0) is 9.53 Å². The summed E-state index contributed by atoms with van der Waals surface area (Å²) in [5.74, 6) is -0.0189. The summed E-state index contributed by atoms with van der Waals surface area (Å²) in [6.07, 6.45) is 5.31. The van der Waals surface area contributed by atoms with E-state index in [-0.39, 0.29) is 11.4 Å². The Bertz CT molecular complexity index is 245. The molecule has 108 valence electrons. The Labute approximate surface area is 113 Å². The lowest BCUT2D eigenvalue weighted by Gasteiger charge is -2.28. The Morgan fingerprint density at radius 3 is 2.22 bits per heavy atom. The van der Waals surface area contributed by atoms with Crippen LogP contribution in [0.15, 0.2) is 0 Å². The number of unbranched alkanes of at least 4 members (excludes halogenated alkanes) is 2. The highest BCUT2D eigenvalue weighted by Crippen LogP contribution is 2.30. The predicted molar refractivity (Wildman–Crippen MR) is 76.4 cm³/mol. The summed E-state index contributed by atoms with van der Waals surface area (Å²) in [6.45, 7) is 7.68. The molecule has 0 spiro atoms. The lowest BCUT2D eigenvalue weighted by Crippen LogP contribution is -2.39. The van der Waals surface area contributed by atoms with E-state index in [2.05, 4.69) is 35.0 Å². The summed E-state index contributed by atoms with van der Waals surface area (Å²) in [4.78, 5) is 12.1. The highest BCUT2D eigenvalue weighted by molar-refractivity contribution is 5.76. The second-order valence-corrected chi connectivity index (χ2v) is 6.52. The summed E-state index contributed by atoms with van der Waals surface area (Å²) in [5.41, 5.74) is -0.292. The maximum atomic E-state index is 12.1. The molecule has 3 nitrogen and oxygen atoms in total. The van der Waals surface area contributed by atoms with E-state index >= 15 is 0 Å². The normalized spacial score (nSPS) is 15.2. The van der Waals surface area contributed by atoms with Crippen molar-refractivity contribution >= 4 is 5.97 Å². The van der Waals surface area contributed by atoms with Crippen LogP contribution in [0.5, 0.6) is 0 Å². The van der Waals surface area contributed by atoms with E-state index < -0.39 is 0 Å². The first-order valence-electron chi connectivity index (χ1n) is 7.23. The van der Waals surface area contributed by atoms with Crippen LogP contribution in [0.1, 0.15) is 52.9 Å². The number of nitrogens with zero attached hydrogens (tertiary/aromatic N) is 1. The zero-order valence-corrected chi connectivity index (χ0v) is 13.2. The zero-order chi connectivity index (χ0) is 14.2. The first kappa shape index (κ1) is 17.4. The Kier molecular flexibility index (Phi) is 7.53. The molecule has 3 heteroatoms. The minimum absolute atomic E-state index is 0.0189. The molecule has 0 rings (SSSR count). The molecule has 0 bridgehead atoms. The van der Waals surface area contributed by atoms with Crippen LogP contribution in [0.4, 0.5) is 0 Å². The monoisotopic (exact) mass is 258 g/mol. The molecule has 0 saturated heterocycles. The molecule has 0 aromatic heterocycles. The van der Waals surface area contributed by atoms with Gasteiger partial charge in [-0.3, -0.25) is 4.79 Å². The van der Waals surface area contributed by atoms with Gasteiger partial charge in [-0.1, -0.05) is 33.1 Å². The van der Waals surface area contributed by atoms with Crippen molar-refractivity contribution in [2.75, 3.05) is 34.3 Å². The maximum absolute atomic E-state index is 12.1. The number of quaternary nitrogens is 1. The van der Waals surface area contributed by atoms with Crippen LogP contribution in [0.3, 0.4) is 0 Å². The summed E-state index contributed by atoms with van der Waals surface area (Å²) in [7, 11) is 6.32. The fraction of sp³-hybridized carbons (Fsp3) is 0.933. The number of carbonyl (C=O) groups is 1. The molecule has 1 atom stereocenters. The molecule has 0 saturated carbocycles. The molecule has 0 N–H and O–H groups in total. The Hall–Kier alpha value is -0.570. The van der Waals surface area contributed by atoms with E-state index in [0.29, 0.717) is 6.61 Å². The van der Waals surface area contributed by atoms with Crippen LogP contribution >= 0.6 is 0 Å². The van der Waals surface area contributed by atoms with Crippen LogP contribution in [0, 0.1) is 5.41 Å². The zero-order valence-electron chi connectivity index (χ0n) is 13.2. The second kappa shape index (κ2) is 7.78. The highest BCUT2D eigenvalue weighted by atomic mass is 16.5. The molecular formula is C15H32NO2+. The average Bonchev–Trinajstić information content (AvgIpc) is 2.27. The molecule has 0 fully saturated rings. The summed E-state index contributed by atoms with van der Waals surface area (Å²) in [6, 6.07) is 0. The molecule has 0 amide bonds. The quantitative estimate of drug-likeness (QED) is 0.360. The van der Waals surface area contributed by atoms with Gasteiger partial charge in [0.25, 0.3) is 0 Å². The van der Waals surface area contributed by atoms with Gasteiger partial charge >= 0.3 is 5.97 Å². The number of hydrogen-bond donors (Lipinski definition) is 0. The summed E-state index contributed by atoms with van der Waals surface area (Å²) in [5, 5.41) is 0. The van der Waals surface area contributed by atoms with Gasteiger partial charge in [0.1, 0.15) is 13.2 Å². The standard InChI is InChI=1S/C15H32NO2/c1-7-9-10-11-15(3,8-2)14(17)18-13-12-16(4,5)6/h7-13H2,1-6H3/q+1. The highest BCUT2D eigenvalue weighted by Gasteiger charge is 2.32. The minimum atomic E-state index is -0.292. The third-order valence-electron chi connectivity index (χ3n) is 3.60. The lowest BCUT2D eigenvalue weighted by atomic mass is 9.82. The molecule has 0 aliphatic carbocycles. The van der Waals surface area contributed by atoms with Gasteiger partial charge in [-0.25, -0.2) is 0 Å². The number of rotatable bonds is 9. The van der Waals surface area contributed by atoms with Crippen LogP contribution in [0.25, 0.3) is 0 Å². The largest absolute Gasteiger partial charge is 0.459 e. The van der Waals surface area contributed by atoms with Crippen LogP contribution < -0.4 is 0 Å². The van der Waals surface area contributed by atoms with Crippen molar-refractivity contribution in [3.05, 3.63) is 0 Å². The van der Waals surface area contributed by atoms with E-state index in [1.807, 2.05) is 6.92 Å². The molecule has 0 heterocycles. The second-order valence-electron chi connectivity index (χ2n) is 6.52. The van der Waals surface area contributed by atoms with Gasteiger partial charge in [-0.05, 0) is 19.8 Å². The predicted octanol–water partition coefficient (Wildman–Crippen LogP) is 3.23. The number of esters is 1. The van der Waals surface area contributed by atoms with Gasteiger partial charge < -0.3 is 9.22 Å². The van der Waals surface area contributed by atoms with Crippen molar-refractivity contribution in [3.8, 4) is 0 Å². The van der Waals surface area contributed by atoms with Crippen molar-refractivity contribution in [1.29, 1.82) is 0 Å². The number of hydrogen-bond acceptors (Lipinski definition) is 2. The van der Waals surface area contributed by atoms with Gasteiger partial charge in [-0.2, -0.15) is 0 Å². The fourth-order valence-corrected chi connectivity index (χ4v) is 1.77. The number of carbonyl (C=O) groups excluding carboxylic acids is 1. The Morgan fingerprint density at radius 1 is 1.17 bits per heavy atom. The van der Waals surface area contributed by atoms with E-state index in [4.69, 9.17) is 4.74 Å². The van der Waals surface area contributed by atoms with Crippen LogP contribution in [-0.4, -0.2) is 44.7 Å².